The van der Waals surface area contributed by atoms with E-state index in [0.29, 0.717) is 23.6 Å². The van der Waals surface area contributed by atoms with Gasteiger partial charge in [-0.1, -0.05) is 18.5 Å². The van der Waals surface area contributed by atoms with Gasteiger partial charge >= 0.3 is 0 Å². The molecule has 1 fully saturated rings. The second-order valence-electron chi connectivity index (χ2n) is 7.04. The molecular formula is C20H27N3O3S. The van der Waals surface area contributed by atoms with E-state index in [1.54, 1.807) is 0 Å². The highest BCUT2D eigenvalue weighted by Gasteiger charge is 2.32. The van der Waals surface area contributed by atoms with E-state index in [9.17, 15) is 9.59 Å². The molecule has 1 saturated heterocycles. The van der Waals surface area contributed by atoms with Crippen LogP contribution in [0, 0.1) is 13.8 Å². The van der Waals surface area contributed by atoms with Gasteiger partial charge in [0, 0.05) is 23.5 Å². The van der Waals surface area contributed by atoms with Gasteiger partial charge in [-0.15, -0.1) is 11.3 Å². The Labute approximate surface area is 163 Å². The van der Waals surface area contributed by atoms with Gasteiger partial charge in [0.05, 0.1) is 23.0 Å². The quantitative estimate of drug-likeness (QED) is 0.731. The van der Waals surface area contributed by atoms with Crippen LogP contribution in [-0.2, 0) is 11.2 Å². The summed E-state index contributed by atoms with van der Waals surface area (Å²) < 4.78 is 5.18. The summed E-state index contributed by atoms with van der Waals surface area (Å²) in [4.78, 5) is 28.9. The highest BCUT2D eigenvalue weighted by Crippen LogP contribution is 2.36. The predicted molar refractivity (Wildman–Crippen MR) is 105 cm³/mol. The first kappa shape index (κ1) is 19.6. The van der Waals surface area contributed by atoms with Crippen LogP contribution < -0.4 is 5.32 Å². The maximum atomic E-state index is 12.9. The number of amides is 2. The molecule has 1 N–H and O–H groups in total. The van der Waals surface area contributed by atoms with Crippen molar-refractivity contribution in [2.24, 2.45) is 0 Å². The average molecular weight is 390 g/mol. The molecule has 6 nitrogen and oxygen atoms in total. The molecule has 0 bridgehead atoms. The minimum absolute atomic E-state index is 0.0219. The number of carbonyl (C=O) groups excluding carboxylic acids is 2. The van der Waals surface area contributed by atoms with Crippen LogP contribution >= 0.6 is 11.3 Å². The van der Waals surface area contributed by atoms with Crippen molar-refractivity contribution >= 4 is 23.2 Å². The molecule has 3 rings (SSSR count). The van der Waals surface area contributed by atoms with Gasteiger partial charge in [-0.05, 0) is 45.2 Å². The molecule has 2 amide bonds. The first-order valence-electron chi connectivity index (χ1n) is 9.60. The summed E-state index contributed by atoms with van der Waals surface area (Å²) in [6.07, 6.45) is 4.27. The molecule has 2 aromatic rings. The SMILES string of the molecule is CCCCNC(=O)c1ccc([C@H]2CCCN2C(=O)Cc2c(C)noc2C)s1. The van der Waals surface area contributed by atoms with E-state index in [1.807, 2.05) is 30.9 Å². The van der Waals surface area contributed by atoms with Gasteiger partial charge in [0.15, 0.2) is 0 Å². The number of thiophene rings is 1. The number of unbranched alkanes of at least 4 members (excludes halogenated alkanes) is 1. The summed E-state index contributed by atoms with van der Waals surface area (Å²) in [5.74, 6) is 0.777. The van der Waals surface area contributed by atoms with Crippen LogP contribution in [0.3, 0.4) is 0 Å². The molecule has 0 spiro atoms. The van der Waals surface area contributed by atoms with Gasteiger partial charge < -0.3 is 14.7 Å². The van der Waals surface area contributed by atoms with Gasteiger partial charge in [-0.2, -0.15) is 0 Å². The van der Waals surface area contributed by atoms with E-state index >= 15 is 0 Å². The number of rotatable bonds is 7. The smallest absolute Gasteiger partial charge is 0.261 e. The van der Waals surface area contributed by atoms with Crippen LogP contribution in [0.5, 0.6) is 0 Å². The largest absolute Gasteiger partial charge is 0.361 e. The Morgan fingerprint density at radius 3 is 2.89 bits per heavy atom. The lowest BCUT2D eigenvalue weighted by Crippen LogP contribution is -2.31. The minimum atomic E-state index is -0.0219. The molecule has 2 aromatic heterocycles. The number of aryl methyl sites for hydroxylation is 2. The van der Waals surface area contributed by atoms with Crippen molar-refractivity contribution in [3.63, 3.8) is 0 Å². The topological polar surface area (TPSA) is 75.4 Å². The van der Waals surface area contributed by atoms with E-state index in [1.165, 1.54) is 11.3 Å². The lowest BCUT2D eigenvalue weighted by atomic mass is 10.1. The summed E-state index contributed by atoms with van der Waals surface area (Å²) in [5, 5.41) is 6.89. The molecule has 0 unspecified atom stereocenters. The summed E-state index contributed by atoms with van der Waals surface area (Å²) in [6, 6.07) is 3.92. The number of nitrogens with one attached hydrogen (secondary N) is 1. The Kier molecular flexibility index (Phi) is 6.31. The Morgan fingerprint density at radius 1 is 1.37 bits per heavy atom. The van der Waals surface area contributed by atoms with E-state index in [2.05, 4.69) is 17.4 Å². The molecule has 0 radical (unpaired) electrons. The monoisotopic (exact) mass is 389 g/mol. The van der Waals surface area contributed by atoms with E-state index in [0.717, 1.165) is 48.4 Å². The third kappa shape index (κ3) is 4.40. The normalized spacial score (nSPS) is 16.7. The lowest BCUT2D eigenvalue weighted by molar-refractivity contribution is -0.131. The molecule has 0 aliphatic carbocycles. The van der Waals surface area contributed by atoms with Crippen molar-refractivity contribution in [3.8, 4) is 0 Å². The predicted octanol–water partition coefficient (Wildman–Crippen LogP) is 3.79. The Balaban J connectivity index is 1.67. The van der Waals surface area contributed by atoms with Crippen LogP contribution in [0.2, 0.25) is 0 Å². The third-order valence-electron chi connectivity index (χ3n) is 5.08. The van der Waals surface area contributed by atoms with Gasteiger partial charge in [0.25, 0.3) is 5.91 Å². The van der Waals surface area contributed by atoms with Gasteiger partial charge in [-0.25, -0.2) is 0 Å². The second kappa shape index (κ2) is 8.69. The molecule has 146 valence electrons. The first-order valence-corrected chi connectivity index (χ1v) is 10.4. The number of aromatic nitrogens is 1. The highest BCUT2D eigenvalue weighted by molar-refractivity contribution is 7.14. The van der Waals surface area contributed by atoms with Crippen LogP contribution in [0.1, 0.15) is 70.2 Å². The van der Waals surface area contributed by atoms with Crippen molar-refractivity contribution < 1.29 is 14.1 Å². The van der Waals surface area contributed by atoms with Crippen molar-refractivity contribution in [3.05, 3.63) is 38.9 Å². The fourth-order valence-corrected chi connectivity index (χ4v) is 4.56. The first-order chi connectivity index (χ1) is 13.0. The highest BCUT2D eigenvalue weighted by atomic mass is 32.1. The van der Waals surface area contributed by atoms with Gasteiger partial charge in [0.2, 0.25) is 5.91 Å². The van der Waals surface area contributed by atoms with Crippen molar-refractivity contribution in [1.82, 2.24) is 15.4 Å². The summed E-state index contributed by atoms with van der Waals surface area (Å²) >= 11 is 1.49. The van der Waals surface area contributed by atoms with Crippen molar-refractivity contribution in [1.29, 1.82) is 0 Å². The second-order valence-corrected chi connectivity index (χ2v) is 8.15. The summed E-state index contributed by atoms with van der Waals surface area (Å²) in [6.45, 7) is 7.26. The van der Waals surface area contributed by atoms with E-state index < -0.39 is 0 Å². The standard InChI is InChI=1S/C20H27N3O3S/c1-4-5-10-21-20(25)18-9-8-17(27-18)16-7-6-11-23(16)19(24)12-15-13(2)22-26-14(15)3/h8-9,16H,4-7,10-12H2,1-3H3,(H,21,25)/t16-/m1/s1. The fourth-order valence-electron chi connectivity index (χ4n) is 3.49. The summed E-state index contributed by atoms with van der Waals surface area (Å²) in [7, 11) is 0. The molecule has 3 heterocycles. The zero-order valence-corrected chi connectivity index (χ0v) is 17.0. The number of carbonyl (C=O) groups is 2. The lowest BCUT2D eigenvalue weighted by Gasteiger charge is -2.24. The Bertz CT molecular complexity index is 792. The molecule has 0 saturated carbocycles. The fraction of sp³-hybridized carbons (Fsp3) is 0.550. The van der Waals surface area contributed by atoms with E-state index in [4.69, 9.17) is 4.52 Å². The van der Waals surface area contributed by atoms with Crippen molar-refractivity contribution in [2.45, 2.75) is 58.9 Å². The Morgan fingerprint density at radius 2 is 2.19 bits per heavy atom. The number of hydrogen-bond acceptors (Lipinski definition) is 5. The average Bonchev–Trinajstić information content (AvgIpc) is 3.37. The summed E-state index contributed by atoms with van der Waals surface area (Å²) in [5.41, 5.74) is 1.66. The molecule has 27 heavy (non-hydrogen) atoms. The minimum Gasteiger partial charge on any atom is -0.361 e. The maximum absolute atomic E-state index is 12.9. The zero-order valence-electron chi connectivity index (χ0n) is 16.2. The van der Waals surface area contributed by atoms with E-state index in [-0.39, 0.29) is 17.9 Å². The van der Waals surface area contributed by atoms with Crippen molar-refractivity contribution in [2.75, 3.05) is 13.1 Å². The molecule has 1 aliphatic rings. The zero-order chi connectivity index (χ0) is 19.4. The van der Waals surface area contributed by atoms with Crippen LogP contribution in [0.15, 0.2) is 16.7 Å². The number of nitrogens with zero attached hydrogens (tertiary/aromatic N) is 2. The molecule has 1 aliphatic heterocycles. The van der Waals surface area contributed by atoms with Gasteiger partial charge in [-0.3, -0.25) is 9.59 Å². The third-order valence-corrected chi connectivity index (χ3v) is 6.26. The van der Waals surface area contributed by atoms with Crippen LogP contribution in [0.25, 0.3) is 0 Å². The van der Waals surface area contributed by atoms with Gasteiger partial charge in [0.1, 0.15) is 5.76 Å². The Hall–Kier alpha value is -2.15. The molecule has 7 heteroatoms. The van der Waals surface area contributed by atoms with Crippen LogP contribution in [-0.4, -0.2) is 35.0 Å². The van der Waals surface area contributed by atoms with Crippen LogP contribution in [0.4, 0.5) is 0 Å². The molecular weight excluding hydrogens is 362 g/mol. The number of hydrogen-bond donors (Lipinski definition) is 1. The number of likely N-dealkylation sites (tertiary alicyclic amines) is 1. The molecule has 0 aromatic carbocycles. The maximum Gasteiger partial charge on any atom is 0.261 e. The molecule has 1 atom stereocenters.